The van der Waals surface area contributed by atoms with Gasteiger partial charge in [-0.15, -0.1) is 11.3 Å². The van der Waals surface area contributed by atoms with Gasteiger partial charge in [0.25, 0.3) is 11.8 Å². The Labute approximate surface area is 183 Å². The van der Waals surface area contributed by atoms with E-state index in [4.69, 9.17) is 9.47 Å². The maximum atomic E-state index is 13.0. The summed E-state index contributed by atoms with van der Waals surface area (Å²) in [5, 5.41) is 5.25. The van der Waals surface area contributed by atoms with E-state index in [9.17, 15) is 9.59 Å². The maximum absolute atomic E-state index is 13.0. The Morgan fingerprint density at radius 3 is 2.62 bits per heavy atom. The van der Waals surface area contributed by atoms with Crippen molar-refractivity contribution in [1.82, 2.24) is 15.2 Å². The quantitative estimate of drug-likeness (QED) is 0.468. The van der Waals surface area contributed by atoms with Crippen LogP contribution in [-0.2, 0) is 16.0 Å². The zero-order valence-corrected chi connectivity index (χ0v) is 19.1. The first-order chi connectivity index (χ1) is 14.1. The standard InChI is InChI=1S/C20H26BrN3O4S/c1-27-11-5-9-22-19(25)17-14-29-18(23-17)13-24(10-6-12-28-2)20(26)15-7-3-4-8-16(15)21/h3-4,7-8,14H,5-6,9-13H2,1-2H3,(H,22,25). The number of nitrogens with one attached hydrogen (secondary N) is 1. The molecule has 0 aliphatic heterocycles. The molecule has 2 amide bonds. The number of carbonyl (C=O) groups excluding carboxylic acids is 2. The Bertz CT molecular complexity index is 800. The molecule has 0 aliphatic carbocycles. The van der Waals surface area contributed by atoms with Gasteiger partial charge in [-0.3, -0.25) is 9.59 Å². The zero-order valence-electron chi connectivity index (χ0n) is 16.7. The van der Waals surface area contributed by atoms with Gasteiger partial charge < -0.3 is 19.7 Å². The molecule has 7 nitrogen and oxygen atoms in total. The monoisotopic (exact) mass is 483 g/mol. The lowest BCUT2D eigenvalue weighted by molar-refractivity contribution is 0.0722. The van der Waals surface area contributed by atoms with Crippen molar-refractivity contribution in [2.75, 3.05) is 40.5 Å². The summed E-state index contributed by atoms with van der Waals surface area (Å²) in [5.41, 5.74) is 0.963. The van der Waals surface area contributed by atoms with Crippen molar-refractivity contribution in [2.45, 2.75) is 19.4 Å². The van der Waals surface area contributed by atoms with Gasteiger partial charge in [-0.1, -0.05) is 12.1 Å². The number of ether oxygens (including phenoxy) is 2. The van der Waals surface area contributed by atoms with E-state index < -0.39 is 0 Å². The number of halogens is 1. The third-order valence-corrected chi connectivity index (χ3v) is 5.61. The molecule has 0 radical (unpaired) electrons. The highest BCUT2D eigenvalue weighted by Gasteiger charge is 2.20. The van der Waals surface area contributed by atoms with Crippen LogP contribution in [0.25, 0.3) is 0 Å². The Morgan fingerprint density at radius 2 is 1.90 bits per heavy atom. The van der Waals surface area contributed by atoms with Crippen LogP contribution in [0.5, 0.6) is 0 Å². The number of hydrogen-bond acceptors (Lipinski definition) is 6. The molecule has 0 spiro atoms. The smallest absolute Gasteiger partial charge is 0.270 e. The van der Waals surface area contributed by atoms with Gasteiger partial charge in [0.15, 0.2) is 0 Å². The summed E-state index contributed by atoms with van der Waals surface area (Å²) in [6, 6.07) is 7.34. The molecule has 1 N–H and O–H groups in total. The molecule has 1 aromatic carbocycles. The first-order valence-corrected chi connectivity index (χ1v) is 11.0. The second-order valence-electron chi connectivity index (χ2n) is 6.28. The first-order valence-electron chi connectivity index (χ1n) is 9.31. The van der Waals surface area contributed by atoms with Crippen molar-refractivity contribution < 1.29 is 19.1 Å². The van der Waals surface area contributed by atoms with Crippen LogP contribution in [0, 0.1) is 0 Å². The molecule has 0 bridgehead atoms. The van der Waals surface area contributed by atoms with Gasteiger partial charge in [-0.2, -0.15) is 0 Å². The van der Waals surface area contributed by atoms with E-state index >= 15 is 0 Å². The topological polar surface area (TPSA) is 80.8 Å². The highest BCUT2D eigenvalue weighted by Crippen LogP contribution is 2.20. The molecule has 29 heavy (non-hydrogen) atoms. The van der Waals surface area contributed by atoms with Gasteiger partial charge in [0.05, 0.1) is 12.1 Å². The van der Waals surface area contributed by atoms with Crippen molar-refractivity contribution in [3.05, 3.63) is 50.4 Å². The third kappa shape index (κ3) is 7.50. The van der Waals surface area contributed by atoms with Crippen molar-refractivity contribution in [3.8, 4) is 0 Å². The molecular weight excluding hydrogens is 458 g/mol. The number of nitrogens with zero attached hydrogens (tertiary/aromatic N) is 2. The number of aromatic nitrogens is 1. The van der Waals surface area contributed by atoms with E-state index in [1.54, 1.807) is 30.6 Å². The van der Waals surface area contributed by atoms with Crippen LogP contribution in [0.15, 0.2) is 34.1 Å². The van der Waals surface area contributed by atoms with Crippen LogP contribution < -0.4 is 5.32 Å². The van der Waals surface area contributed by atoms with Crippen molar-refractivity contribution in [2.24, 2.45) is 0 Å². The van der Waals surface area contributed by atoms with Crippen LogP contribution in [-0.4, -0.2) is 62.2 Å². The molecule has 1 heterocycles. The lowest BCUT2D eigenvalue weighted by atomic mass is 10.2. The molecular formula is C20H26BrN3O4S. The molecule has 158 valence electrons. The highest BCUT2D eigenvalue weighted by molar-refractivity contribution is 9.10. The van der Waals surface area contributed by atoms with Gasteiger partial charge in [-0.05, 0) is 40.9 Å². The molecule has 0 atom stereocenters. The predicted octanol–water partition coefficient (Wildman–Crippen LogP) is 3.35. The molecule has 0 saturated heterocycles. The Kier molecular flexibility index (Phi) is 10.3. The summed E-state index contributed by atoms with van der Waals surface area (Å²) < 4.78 is 10.8. The molecule has 0 fully saturated rings. The van der Waals surface area contributed by atoms with Crippen molar-refractivity contribution in [3.63, 3.8) is 0 Å². The van der Waals surface area contributed by atoms with Crippen LogP contribution >= 0.6 is 27.3 Å². The minimum atomic E-state index is -0.216. The van der Waals surface area contributed by atoms with Crippen LogP contribution in [0.4, 0.5) is 0 Å². The number of amides is 2. The summed E-state index contributed by atoms with van der Waals surface area (Å²) in [7, 11) is 3.26. The fourth-order valence-corrected chi connectivity index (χ4v) is 3.86. The summed E-state index contributed by atoms with van der Waals surface area (Å²) in [4.78, 5) is 31.4. The van der Waals surface area contributed by atoms with Crippen LogP contribution in [0.2, 0.25) is 0 Å². The predicted molar refractivity (Wildman–Crippen MR) is 116 cm³/mol. The molecule has 9 heteroatoms. The Hall–Kier alpha value is -1.81. The molecule has 0 unspecified atom stereocenters. The zero-order chi connectivity index (χ0) is 21.1. The summed E-state index contributed by atoms with van der Waals surface area (Å²) in [6.07, 6.45) is 1.46. The Balaban J connectivity index is 2.05. The fourth-order valence-electron chi connectivity index (χ4n) is 2.62. The van der Waals surface area contributed by atoms with Crippen molar-refractivity contribution in [1.29, 1.82) is 0 Å². The lowest BCUT2D eigenvalue weighted by Crippen LogP contribution is -2.32. The van der Waals surface area contributed by atoms with E-state index in [-0.39, 0.29) is 11.8 Å². The van der Waals surface area contributed by atoms with Gasteiger partial charge in [0, 0.05) is 50.4 Å². The van der Waals surface area contributed by atoms with Crippen molar-refractivity contribution >= 4 is 39.1 Å². The second kappa shape index (κ2) is 12.7. The minimum Gasteiger partial charge on any atom is -0.385 e. The van der Waals surface area contributed by atoms with E-state index in [0.29, 0.717) is 55.5 Å². The number of methoxy groups -OCH3 is 2. The van der Waals surface area contributed by atoms with Gasteiger partial charge >= 0.3 is 0 Å². The molecule has 2 rings (SSSR count). The van der Waals surface area contributed by atoms with E-state index in [0.717, 1.165) is 10.9 Å². The SMILES string of the molecule is COCCCNC(=O)c1csc(CN(CCCOC)C(=O)c2ccccc2Br)n1. The van der Waals surface area contributed by atoms with Gasteiger partial charge in [-0.25, -0.2) is 4.98 Å². The number of hydrogen-bond donors (Lipinski definition) is 1. The largest absolute Gasteiger partial charge is 0.385 e. The molecule has 1 aromatic heterocycles. The summed E-state index contributed by atoms with van der Waals surface area (Å²) in [6.45, 7) is 2.56. The number of benzene rings is 1. The molecule has 0 saturated carbocycles. The number of thiazole rings is 1. The Morgan fingerprint density at radius 1 is 1.17 bits per heavy atom. The highest BCUT2D eigenvalue weighted by atomic mass is 79.9. The summed E-state index contributed by atoms with van der Waals surface area (Å²) >= 11 is 4.82. The molecule has 2 aromatic rings. The maximum Gasteiger partial charge on any atom is 0.270 e. The summed E-state index contributed by atoms with van der Waals surface area (Å²) in [5.74, 6) is -0.305. The molecule has 0 aliphatic rings. The van der Waals surface area contributed by atoms with Gasteiger partial charge in [0.2, 0.25) is 0 Å². The van der Waals surface area contributed by atoms with E-state index in [2.05, 4.69) is 26.2 Å². The van der Waals surface area contributed by atoms with Gasteiger partial charge in [0.1, 0.15) is 10.7 Å². The average molecular weight is 484 g/mol. The number of carbonyl (C=O) groups is 2. The normalized spacial score (nSPS) is 10.7. The fraction of sp³-hybridized carbons (Fsp3) is 0.450. The number of rotatable bonds is 12. The second-order valence-corrected chi connectivity index (χ2v) is 8.08. The van der Waals surface area contributed by atoms with E-state index in [1.807, 2.05) is 18.2 Å². The average Bonchev–Trinajstić information content (AvgIpc) is 3.19. The minimum absolute atomic E-state index is 0.0886. The van der Waals surface area contributed by atoms with Crippen LogP contribution in [0.3, 0.4) is 0 Å². The first kappa shape index (κ1) is 23.5. The van der Waals surface area contributed by atoms with Crippen LogP contribution in [0.1, 0.15) is 38.7 Å². The van der Waals surface area contributed by atoms with E-state index in [1.165, 1.54) is 11.3 Å². The third-order valence-electron chi connectivity index (χ3n) is 4.09. The lowest BCUT2D eigenvalue weighted by Gasteiger charge is -2.22.